The lowest BCUT2D eigenvalue weighted by molar-refractivity contribution is -0.137. The highest BCUT2D eigenvalue weighted by atomic mass is 16.4. The van der Waals surface area contributed by atoms with Gasteiger partial charge in [0.25, 0.3) is 11.8 Å². The Bertz CT molecular complexity index is 686. The average molecular weight is 347 g/mol. The van der Waals surface area contributed by atoms with Crippen LogP contribution in [0.5, 0.6) is 0 Å². The van der Waals surface area contributed by atoms with Crippen LogP contribution in [0.3, 0.4) is 0 Å². The molecule has 1 heterocycles. The molecule has 8 heteroatoms. The summed E-state index contributed by atoms with van der Waals surface area (Å²) in [6.07, 6.45) is 2.17. The first-order chi connectivity index (χ1) is 11.8. The molecule has 25 heavy (non-hydrogen) atoms. The Morgan fingerprint density at radius 2 is 1.80 bits per heavy atom. The van der Waals surface area contributed by atoms with E-state index in [4.69, 9.17) is 5.11 Å². The zero-order valence-corrected chi connectivity index (χ0v) is 13.9. The van der Waals surface area contributed by atoms with Crippen LogP contribution < -0.4 is 16.0 Å². The van der Waals surface area contributed by atoms with Crippen LogP contribution in [0, 0.1) is 0 Å². The zero-order chi connectivity index (χ0) is 18.4. The molecule has 0 aliphatic carbocycles. The summed E-state index contributed by atoms with van der Waals surface area (Å²) in [4.78, 5) is 45.6. The van der Waals surface area contributed by atoms with E-state index < -0.39 is 23.4 Å². The molecular formula is C17H21N3O5. The Kier molecular flexibility index (Phi) is 5.74. The number of imide groups is 1. The van der Waals surface area contributed by atoms with Gasteiger partial charge in [-0.05, 0) is 37.5 Å². The van der Waals surface area contributed by atoms with E-state index in [1.54, 1.807) is 31.2 Å². The minimum atomic E-state index is -1.14. The minimum absolute atomic E-state index is 0.137. The number of amides is 4. The van der Waals surface area contributed by atoms with Crippen LogP contribution in [0.25, 0.3) is 0 Å². The second kappa shape index (κ2) is 7.78. The van der Waals surface area contributed by atoms with Crippen molar-refractivity contribution in [3.8, 4) is 0 Å². The minimum Gasteiger partial charge on any atom is -0.481 e. The van der Waals surface area contributed by atoms with E-state index in [2.05, 4.69) is 16.0 Å². The first-order valence-corrected chi connectivity index (χ1v) is 8.07. The van der Waals surface area contributed by atoms with E-state index in [1.165, 1.54) is 0 Å². The Labute approximate surface area is 145 Å². The van der Waals surface area contributed by atoms with Gasteiger partial charge < -0.3 is 15.7 Å². The molecule has 1 fully saturated rings. The number of carboxylic acid groups (broad SMARTS) is 1. The molecule has 0 radical (unpaired) electrons. The van der Waals surface area contributed by atoms with Crippen molar-refractivity contribution in [2.75, 3.05) is 6.54 Å². The lowest BCUT2D eigenvalue weighted by atomic mass is 9.91. The molecule has 1 aromatic carbocycles. The van der Waals surface area contributed by atoms with Crippen molar-refractivity contribution in [1.29, 1.82) is 0 Å². The Hall–Kier alpha value is -2.90. The number of nitrogens with one attached hydrogen (secondary N) is 3. The van der Waals surface area contributed by atoms with E-state index in [1.807, 2.05) is 0 Å². The fraction of sp³-hybridized carbons (Fsp3) is 0.412. The fourth-order valence-electron chi connectivity index (χ4n) is 2.58. The molecule has 2 rings (SSSR count). The third kappa shape index (κ3) is 4.56. The van der Waals surface area contributed by atoms with Gasteiger partial charge in [-0.1, -0.05) is 18.6 Å². The van der Waals surface area contributed by atoms with E-state index in [0.29, 0.717) is 30.5 Å². The number of urea groups is 1. The summed E-state index contributed by atoms with van der Waals surface area (Å²) in [5.41, 5.74) is -0.111. The second-order valence-corrected chi connectivity index (χ2v) is 6.07. The first-order valence-electron chi connectivity index (χ1n) is 8.07. The van der Waals surface area contributed by atoms with Gasteiger partial charge in [-0.15, -0.1) is 0 Å². The molecule has 1 aliphatic heterocycles. The van der Waals surface area contributed by atoms with Crippen LogP contribution in [0.4, 0.5) is 4.79 Å². The number of benzene rings is 1. The Morgan fingerprint density at radius 3 is 2.36 bits per heavy atom. The van der Waals surface area contributed by atoms with Crippen molar-refractivity contribution in [2.45, 2.75) is 38.1 Å². The summed E-state index contributed by atoms with van der Waals surface area (Å²) in [5, 5.41) is 16.1. The molecule has 1 saturated heterocycles. The highest BCUT2D eigenvalue weighted by Gasteiger charge is 2.43. The van der Waals surface area contributed by atoms with Gasteiger partial charge in [0, 0.05) is 18.5 Å². The molecule has 8 nitrogen and oxygen atoms in total. The Balaban J connectivity index is 1.85. The maximum absolute atomic E-state index is 12.1. The number of hydrogen-bond donors (Lipinski definition) is 4. The van der Waals surface area contributed by atoms with E-state index in [0.717, 1.165) is 6.42 Å². The van der Waals surface area contributed by atoms with Crippen molar-refractivity contribution in [3.05, 3.63) is 35.4 Å². The molecule has 0 aromatic heterocycles. The van der Waals surface area contributed by atoms with Crippen LogP contribution in [0.2, 0.25) is 0 Å². The van der Waals surface area contributed by atoms with Gasteiger partial charge in [-0.3, -0.25) is 19.7 Å². The monoisotopic (exact) mass is 347 g/mol. The summed E-state index contributed by atoms with van der Waals surface area (Å²) < 4.78 is 0. The number of carbonyl (C=O) groups excluding carboxylic acids is 3. The second-order valence-electron chi connectivity index (χ2n) is 6.07. The lowest BCUT2D eigenvalue weighted by Crippen LogP contribution is -2.40. The average Bonchev–Trinajstić information content (AvgIpc) is 2.83. The van der Waals surface area contributed by atoms with Crippen molar-refractivity contribution >= 4 is 23.8 Å². The van der Waals surface area contributed by atoms with E-state index in [9.17, 15) is 19.2 Å². The van der Waals surface area contributed by atoms with Crippen LogP contribution in [0.1, 0.15) is 48.5 Å². The number of aliphatic carboxylic acids is 1. The van der Waals surface area contributed by atoms with E-state index in [-0.39, 0.29) is 12.3 Å². The predicted molar refractivity (Wildman–Crippen MR) is 88.9 cm³/mol. The number of carboxylic acids is 1. The third-order valence-corrected chi connectivity index (χ3v) is 4.12. The SMILES string of the molecule is CC1(c2ccc(C(=O)NCCCCCC(=O)O)cc2)NC(=O)NC1=O. The Morgan fingerprint density at radius 1 is 1.12 bits per heavy atom. The molecular weight excluding hydrogens is 326 g/mol. The van der Waals surface area contributed by atoms with Gasteiger partial charge in [0.2, 0.25) is 0 Å². The standard InChI is InChI=1S/C17H21N3O5/c1-17(15(24)19-16(25)20-17)12-8-6-11(7-9-12)14(23)18-10-4-2-3-5-13(21)22/h6-9H,2-5,10H2,1H3,(H,18,23)(H,21,22)(H2,19,20,24,25). The normalized spacial score (nSPS) is 19.2. The quantitative estimate of drug-likeness (QED) is 0.414. The van der Waals surface area contributed by atoms with Gasteiger partial charge in [-0.25, -0.2) is 4.79 Å². The summed E-state index contributed by atoms with van der Waals surface area (Å²) in [7, 11) is 0. The smallest absolute Gasteiger partial charge is 0.322 e. The molecule has 1 unspecified atom stereocenters. The topological polar surface area (TPSA) is 125 Å². The summed E-state index contributed by atoms with van der Waals surface area (Å²) in [6, 6.07) is 5.91. The van der Waals surface area contributed by atoms with Crippen LogP contribution in [0.15, 0.2) is 24.3 Å². The van der Waals surface area contributed by atoms with Crippen LogP contribution in [-0.4, -0.2) is 35.5 Å². The van der Waals surface area contributed by atoms with Crippen molar-refractivity contribution in [3.63, 3.8) is 0 Å². The molecule has 134 valence electrons. The number of carbonyl (C=O) groups is 4. The highest BCUT2D eigenvalue weighted by Crippen LogP contribution is 2.24. The molecule has 0 spiro atoms. The molecule has 4 amide bonds. The maximum atomic E-state index is 12.1. The van der Waals surface area contributed by atoms with Crippen molar-refractivity contribution in [1.82, 2.24) is 16.0 Å². The zero-order valence-electron chi connectivity index (χ0n) is 13.9. The van der Waals surface area contributed by atoms with E-state index >= 15 is 0 Å². The van der Waals surface area contributed by atoms with Gasteiger partial charge in [0.05, 0.1) is 0 Å². The van der Waals surface area contributed by atoms with Crippen LogP contribution in [-0.2, 0) is 15.1 Å². The lowest BCUT2D eigenvalue weighted by Gasteiger charge is -2.21. The maximum Gasteiger partial charge on any atom is 0.322 e. The van der Waals surface area contributed by atoms with Crippen molar-refractivity contribution < 1.29 is 24.3 Å². The molecule has 1 atom stereocenters. The number of unbranched alkanes of at least 4 members (excludes halogenated alkanes) is 2. The summed E-state index contributed by atoms with van der Waals surface area (Å²) >= 11 is 0. The highest BCUT2D eigenvalue weighted by molar-refractivity contribution is 6.07. The first kappa shape index (κ1) is 18.4. The molecule has 1 aliphatic rings. The van der Waals surface area contributed by atoms with Gasteiger partial charge >= 0.3 is 12.0 Å². The number of rotatable bonds is 8. The molecule has 0 saturated carbocycles. The number of hydrogen-bond acceptors (Lipinski definition) is 4. The molecule has 1 aromatic rings. The predicted octanol–water partition coefficient (Wildman–Crippen LogP) is 1.12. The fourth-order valence-corrected chi connectivity index (χ4v) is 2.58. The van der Waals surface area contributed by atoms with Crippen LogP contribution >= 0.6 is 0 Å². The van der Waals surface area contributed by atoms with Gasteiger partial charge in [0.15, 0.2) is 0 Å². The third-order valence-electron chi connectivity index (χ3n) is 4.12. The summed E-state index contributed by atoms with van der Waals surface area (Å²) in [5.74, 6) is -1.49. The largest absolute Gasteiger partial charge is 0.481 e. The van der Waals surface area contributed by atoms with Gasteiger partial charge in [-0.2, -0.15) is 0 Å². The molecule has 0 bridgehead atoms. The van der Waals surface area contributed by atoms with Gasteiger partial charge in [0.1, 0.15) is 5.54 Å². The molecule has 4 N–H and O–H groups in total. The summed E-state index contributed by atoms with van der Waals surface area (Å²) in [6.45, 7) is 2.07. The van der Waals surface area contributed by atoms with Crippen molar-refractivity contribution in [2.24, 2.45) is 0 Å².